The van der Waals surface area contributed by atoms with Crippen molar-refractivity contribution in [2.75, 3.05) is 19.5 Å². The van der Waals surface area contributed by atoms with E-state index in [1.54, 1.807) is 12.1 Å². The molecule has 0 aliphatic rings. The Labute approximate surface area is 124 Å². The lowest BCUT2D eigenvalue weighted by Crippen LogP contribution is -1.93. The van der Waals surface area contributed by atoms with Crippen LogP contribution in [0.15, 0.2) is 16.7 Å². The third kappa shape index (κ3) is 2.42. The number of ether oxygens (including phenoxy) is 1. The smallest absolute Gasteiger partial charge is 0.263 e. The van der Waals surface area contributed by atoms with Crippen LogP contribution in [0.3, 0.4) is 0 Å². The number of hydrogen-bond acceptors (Lipinski definition) is 9. The predicted octanol–water partition coefficient (Wildman–Crippen LogP) is 2.01. The topological polar surface area (TPSA) is 98.9 Å². The van der Waals surface area contributed by atoms with Crippen LogP contribution >= 0.6 is 11.5 Å². The van der Waals surface area contributed by atoms with Crippen molar-refractivity contribution < 1.29 is 9.26 Å². The molecule has 9 heteroatoms. The van der Waals surface area contributed by atoms with Crippen LogP contribution in [0.2, 0.25) is 0 Å². The molecular formula is C12H12N6O2S. The van der Waals surface area contributed by atoms with E-state index in [4.69, 9.17) is 9.26 Å². The van der Waals surface area contributed by atoms with E-state index in [0.29, 0.717) is 23.3 Å². The van der Waals surface area contributed by atoms with Gasteiger partial charge in [-0.1, -0.05) is 5.16 Å². The Bertz CT molecular complexity index is 751. The molecule has 0 aliphatic carbocycles. The lowest BCUT2D eigenvalue weighted by atomic mass is 10.2. The first-order valence-electron chi connectivity index (χ1n) is 6.09. The maximum absolute atomic E-state index is 5.31. The van der Waals surface area contributed by atoms with E-state index in [1.807, 2.05) is 14.0 Å². The summed E-state index contributed by atoms with van der Waals surface area (Å²) in [6.07, 6.45) is 0. The molecule has 0 aliphatic heterocycles. The molecule has 3 heterocycles. The van der Waals surface area contributed by atoms with E-state index < -0.39 is 0 Å². The SMILES string of the molecule is CNc1snc(C)c1-c1nc(-c2ccc(OC)nn2)no1. The average Bonchev–Trinajstić information content (AvgIpc) is 3.13. The minimum Gasteiger partial charge on any atom is -0.480 e. The molecule has 0 unspecified atom stereocenters. The molecule has 0 spiro atoms. The summed E-state index contributed by atoms with van der Waals surface area (Å²) in [5.41, 5.74) is 2.15. The highest BCUT2D eigenvalue weighted by molar-refractivity contribution is 7.10. The summed E-state index contributed by atoms with van der Waals surface area (Å²) in [5.74, 6) is 1.20. The molecule has 0 aromatic carbocycles. The molecule has 0 saturated heterocycles. The number of rotatable bonds is 4. The summed E-state index contributed by atoms with van der Waals surface area (Å²) in [5, 5.41) is 15.7. The first kappa shape index (κ1) is 13.4. The van der Waals surface area contributed by atoms with Crippen LogP contribution < -0.4 is 10.1 Å². The van der Waals surface area contributed by atoms with Crippen LogP contribution in [0.4, 0.5) is 5.00 Å². The second kappa shape index (κ2) is 5.44. The zero-order chi connectivity index (χ0) is 14.8. The molecule has 0 fully saturated rings. The van der Waals surface area contributed by atoms with E-state index >= 15 is 0 Å². The third-order valence-corrected chi connectivity index (χ3v) is 3.76. The molecule has 0 atom stereocenters. The molecule has 3 aromatic rings. The molecule has 108 valence electrons. The van der Waals surface area contributed by atoms with Crippen LogP contribution in [0, 0.1) is 6.92 Å². The van der Waals surface area contributed by atoms with Crippen molar-refractivity contribution in [2.24, 2.45) is 0 Å². The lowest BCUT2D eigenvalue weighted by molar-refractivity contribution is 0.392. The van der Waals surface area contributed by atoms with Gasteiger partial charge in [-0.3, -0.25) is 0 Å². The van der Waals surface area contributed by atoms with Gasteiger partial charge in [-0.05, 0) is 24.5 Å². The van der Waals surface area contributed by atoms with Gasteiger partial charge in [0.2, 0.25) is 11.7 Å². The number of methoxy groups -OCH3 is 1. The quantitative estimate of drug-likeness (QED) is 0.781. The van der Waals surface area contributed by atoms with E-state index in [9.17, 15) is 0 Å². The number of aryl methyl sites for hydroxylation is 1. The Morgan fingerprint density at radius 2 is 2.14 bits per heavy atom. The molecule has 1 N–H and O–H groups in total. The Hall–Kier alpha value is -2.55. The number of nitrogens with zero attached hydrogens (tertiary/aromatic N) is 5. The van der Waals surface area contributed by atoms with Crippen LogP contribution in [-0.4, -0.2) is 38.9 Å². The number of anilines is 1. The van der Waals surface area contributed by atoms with Crippen LogP contribution in [0.1, 0.15) is 5.69 Å². The molecule has 8 nitrogen and oxygen atoms in total. The zero-order valence-electron chi connectivity index (χ0n) is 11.6. The van der Waals surface area contributed by atoms with E-state index in [0.717, 1.165) is 16.3 Å². The van der Waals surface area contributed by atoms with Gasteiger partial charge in [0, 0.05) is 13.1 Å². The lowest BCUT2D eigenvalue weighted by Gasteiger charge is -1.97. The largest absolute Gasteiger partial charge is 0.480 e. The molecule has 3 aromatic heterocycles. The minimum absolute atomic E-state index is 0.368. The fraction of sp³-hybridized carbons (Fsp3) is 0.250. The summed E-state index contributed by atoms with van der Waals surface area (Å²) in [7, 11) is 3.35. The highest BCUT2D eigenvalue weighted by atomic mass is 32.1. The number of aromatic nitrogens is 5. The Morgan fingerprint density at radius 1 is 1.29 bits per heavy atom. The average molecular weight is 304 g/mol. The highest BCUT2D eigenvalue weighted by Crippen LogP contribution is 2.33. The standard InChI is InChI=1S/C12H12N6O2S/c1-6-9(12(13-2)21-18-6)11-14-10(17-20-11)7-4-5-8(19-3)16-15-7/h4-5,13H,1-3H3. The van der Waals surface area contributed by atoms with Gasteiger partial charge >= 0.3 is 0 Å². The second-order valence-corrected chi connectivity index (χ2v) is 4.88. The summed E-state index contributed by atoms with van der Waals surface area (Å²) in [6, 6.07) is 3.41. The van der Waals surface area contributed by atoms with Gasteiger partial charge in [0.05, 0.1) is 18.4 Å². The Balaban J connectivity index is 1.97. The summed E-state index contributed by atoms with van der Waals surface area (Å²) in [4.78, 5) is 4.35. The van der Waals surface area contributed by atoms with Gasteiger partial charge in [0.25, 0.3) is 5.89 Å². The Morgan fingerprint density at radius 3 is 2.81 bits per heavy atom. The summed E-state index contributed by atoms with van der Waals surface area (Å²) >= 11 is 1.35. The monoisotopic (exact) mass is 304 g/mol. The van der Waals surface area contributed by atoms with Crippen LogP contribution in [0.5, 0.6) is 5.88 Å². The summed E-state index contributed by atoms with van der Waals surface area (Å²) in [6.45, 7) is 1.89. The second-order valence-electron chi connectivity index (χ2n) is 4.11. The Kier molecular flexibility index (Phi) is 3.48. The number of hydrogen-bond donors (Lipinski definition) is 1. The molecule has 0 amide bonds. The van der Waals surface area contributed by atoms with Gasteiger partial charge < -0.3 is 14.6 Å². The molecule has 0 bridgehead atoms. The molecule has 0 saturated carbocycles. The van der Waals surface area contributed by atoms with Gasteiger partial charge in [-0.2, -0.15) is 9.36 Å². The van der Waals surface area contributed by atoms with Crippen molar-refractivity contribution in [2.45, 2.75) is 6.92 Å². The first-order chi connectivity index (χ1) is 10.2. The molecule has 21 heavy (non-hydrogen) atoms. The molecule has 0 radical (unpaired) electrons. The van der Waals surface area contributed by atoms with E-state index in [-0.39, 0.29) is 0 Å². The molecule has 3 rings (SSSR count). The summed E-state index contributed by atoms with van der Waals surface area (Å²) < 4.78 is 14.5. The normalized spacial score (nSPS) is 10.6. The van der Waals surface area contributed by atoms with Crippen molar-refractivity contribution in [3.8, 4) is 28.9 Å². The van der Waals surface area contributed by atoms with Crippen molar-refractivity contribution in [3.05, 3.63) is 17.8 Å². The zero-order valence-corrected chi connectivity index (χ0v) is 12.4. The van der Waals surface area contributed by atoms with Gasteiger partial charge in [0.1, 0.15) is 10.7 Å². The van der Waals surface area contributed by atoms with Crippen LogP contribution in [0.25, 0.3) is 23.0 Å². The predicted molar refractivity (Wildman–Crippen MR) is 77.3 cm³/mol. The van der Waals surface area contributed by atoms with E-state index in [2.05, 4.69) is 30.0 Å². The van der Waals surface area contributed by atoms with E-state index in [1.165, 1.54) is 18.6 Å². The molecular weight excluding hydrogens is 292 g/mol. The van der Waals surface area contributed by atoms with Crippen LogP contribution in [-0.2, 0) is 0 Å². The minimum atomic E-state index is 0.368. The van der Waals surface area contributed by atoms with Gasteiger partial charge in [-0.15, -0.1) is 10.2 Å². The first-order valence-corrected chi connectivity index (χ1v) is 6.86. The fourth-order valence-corrected chi connectivity index (χ4v) is 2.51. The van der Waals surface area contributed by atoms with Gasteiger partial charge in [0.15, 0.2) is 0 Å². The fourth-order valence-electron chi connectivity index (χ4n) is 1.77. The van der Waals surface area contributed by atoms with Crippen molar-refractivity contribution in [3.63, 3.8) is 0 Å². The maximum atomic E-state index is 5.31. The number of nitrogens with one attached hydrogen (secondary N) is 1. The van der Waals surface area contributed by atoms with Crippen molar-refractivity contribution in [1.82, 2.24) is 24.7 Å². The highest BCUT2D eigenvalue weighted by Gasteiger charge is 2.19. The van der Waals surface area contributed by atoms with Crippen molar-refractivity contribution >= 4 is 16.5 Å². The maximum Gasteiger partial charge on any atom is 0.263 e. The van der Waals surface area contributed by atoms with Gasteiger partial charge in [-0.25, -0.2) is 0 Å². The van der Waals surface area contributed by atoms with Crippen molar-refractivity contribution in [1.29, 1.82) is 0 Å². The third-order valence-electron chi connectivity index (χ3n) is 2.81.